The van der Waals surface area contributed by atoms with Gasteiger partial charge in [0.25, 0.3) is 0 Å². The quantitative estimate of drug-likeness (QED) is 0.105. The Bertz CT molecular complexity index is 2680. The van der Waals surface area contributed by atoms with Crippen LogP contribution >= 0.6 is 0 Å². The average molecular weight is 881 g/mol. The van der Waals surface area contributed by atoms with Crippen LogP contribution in [-0.2, 0) is 0 Å². The lowest BCUT2D eigenvalue weighted by atomic mass is 9.72. The van der Waals surface area contributed by atoms with E-state index >= 15 is 0 Å². The summed E-state index contributed by atoms with van der Waals surface area (Å²) in [6.45, 7) is 8.88. The third-order valence-electron chi connectivity index (χ3n) is 15.6. The number of hydrogen-bond donors (Lipinski definition) is 0. The summed E-state index contributed by atoms with van der Waals surface area (Å²) in [7, 11) is 3.44. The number of pyridine rings is 2. The molecule has 9 heterocycles. The summed E-state index contributed by atoms with van der Waals surface area (Å²) in [6, 6.07) is 37.4. The van der Waals surface area contributed by atoms with Gasteiger partial charge in [0.15, 0.2) is 5.82 Å². The van der Waals surface area contributed by atoms with Crippen LogP contribution in [0.15, 0.2) is 122 Å². The van der Waals surface area contributed by atoms with Gasteiger partial charge in [-0.25, -0.2) is 0 Å². The molecule has 10 atom stereocenters. The van der Waals surface area contributed by atoms with E-state index in [0.29, 0.717) is 41.3 Å². The molecule has 6 aliphatic heterocycles. The maximum absolute atomic E-state index is 7.76. The van der Waals surface area contributed by atoms with Gasteiger partial charge >= 0.3 is 0 Å². The molecule has 0 N–H and O–H groups in total. The highest BCUT2D eigenvalue weighted by Crippen LogP contribution is 2.50. The second-order valence-corrected chi connectivity index (χ2v) is 18.9. The first-order chi connectivity index (χ1) is 32.5. The molecule has 6 saturated heterocycles. The lowest BCUT2D eigenvalue weighted by Crippen LogP contribution is -2.56. The topological polar surface area (TPSA) is 95.0 Å². The highest BCUT2D eigenvalue weighted by Gasteiger charge is 2.47. The van der Waals surface area contributed by atoms with Crippen LogP contribution in [0.3, 0.4) is 0 Å². The van der Waals surface area contributed by atoms with Gasteiger partial charge in [0.1, 0.15) is 29.3 Å². The van der Waals surface area contributed by atoms with Gasteiger partial charge in [0, 0.05) is 52.9 Å². The van der Waals surface area contributed by atoms with Crippen molar-refractivity contribution in [3.05, 3.63) is 133 Å². The smallest absolute Gasteiger partial charge is 0.229 e. The maximum Gasteiger partial charge on any atom is 0.229 e. The predicted molar refractivity (Wildman–Crippen MR) is 260 cm³/mol. The first-order valence-electron chi connectivity index (χ1n) is 24.2. The summed E-state index contributed by atoms with van der Waals surface area (Å²) in [5, 5.41) is 2.02. The van der Waals surface area contributed by atoms with Gasteiger partial charge in [-0.1, -0.05) is 87.4 Å². The Morgan fingerprint density at radius 1 is 0.576 bits per heavy atom. The molecule has 10 heteroatoms. The van der Waals surface area contributed by atoms with Crippen molar-refractivity contribution in [1.82, 2.24) is 29.7 Å². The Labute approximate surface area is 388 Å². The monoisotopic (exact) mass is 880 g/mol. The molecule has 6 fully saturated rings. The number of methoxy groups -OCH3 is 2. The van der Waals surface area contributed by atoms with Crippen LogP contribution in [0.1, 0.15) is 75.7 Å². The zero-order chi connectivity index (χ0) is 44.7. The van der Waals surface area contributed by atoms with E-state index in [1.807, 2.05) is 54.9 Å². The molecule has 13 rings (SSSR count). The second-order valence-electron chi connectivity index (χ2n) is 18.9. The number of benzene rings is 4. The Hall–Kier alpha value is -6.10. The first kappa shape index (κ1) is 42.5. The number of piperidine rings is 6. The van der Waals surface area contributed by atoms with Crippen LogP contribution in [0, 0.1) is 23.7 Å². The molecule has 6 aliphatic rings. The zero-order valence-corrected chi connectivity index (χ0v) is 38.6. The van der Waals surface area contributed by atoms with E-state index in [1.54, 1.807) is 14.2 Å². The summed E-state index contributed by atoms with van der Waals surface area (Å²) in [5.41, 5.74) is 6.48. The predicted octanol–water partition coefficient (Wildman–Crippen LogP) is 11.4. The first-order valence-corrected chi connectivity index (χ1v) is 24.2. The summed E-state index contributed by atoms with van der Waals surface area (Å²) in [5.74, 6) is 5.70. The molecule has 338 valence electrons. The zero-order valence-electron chi connectivity index (χ0n) is 38.6. The van der Waals surface area contributed by atoms with Gasteiger partial charge in [-0.3, -0.25) is 19.8 Å². The fourth-order valence-electron chi connectivity index (χ4n) is 12.1. The second kappa shape index (κ2) is 18.3. The standard InChI is InChI=1S/C56H60N6O4/c1-5-35-33-61-27-23-39(35)29-49(61)52(43-21-25-57-47-19-17-41(63-3)31-45(43)47)65-55-51(37-13-9-7-10-14-37)56(60-54(59-55)38-15-11-8-12-16-38)66-53(50-30-40-24-28-62(50)34-36(40)6-2)44-22-26-58-48-20-18-42(64-4)32-46(44)48/h7-22,25-26,31-32,35-36,39-40,49-50,52-53H,5-6,23-24,27-30,33-34H2,1-4H3/t35?,36?,39?,40?,49-,50?,52?,53+/m0/s1. The minimum atomic E-state index is -0.393. The van der Waals surface area contributed by atoms with Crippen LogP contribution in [0.25, 0.3) is 44.3 Å². The van der Waals surface area contributed by atoms with E-state index in [0.717, 1.165) is 100 Å². The van der Waals surface area contributed by atoms with E-state index in [2.05, 4.69) is 90.4 Å². The summed E-state index contributed by atoms with van der Waals surface area (Å²) in [4.78, 5) is 26.0. The van der Waals surface area contributed by atoms with Gasteiger partial charge in [-0.2, -0.15) is 9.97 Å². The average Bonchev–Trinajstić information content (AvgIpc) is 3.39. The Kier molecular flexibility index (Phi) is 11.8. The van der Waals surface area contributed by atoms with Crippen LogP contribution in [-0.4, -0.2) is 82.2 Å². The number of nitrogens with zero attached hydrogens (tertiary/aromatic N) is 6. The number of aromatic nitrogens is 4. The van der Waals surface area contributed by atoms with E-state index in [1.165, 1.54) is 25.7 Å². The van der Waals surface area contributed by atoms with Gasteiger partial charge in [0.2, 0.25) is 11.8 Å². The van der Waals surface area contributed by atoms with Crippen molar-refractivity contribution >= 4 is 21.8 Å². The highest BCUT2D eigenvalue weighted by atomic mass is 16.5. The Morgan fingerprint density at radius 2 is 1.05 bits per heavy atom. The van der Waals surface area contributed by atoms with Crippen molar-refractivity contribution in [2.75, 3.05) is 40.4 Å². The minimum Gasteiger partial charge on any atom is -0.497 e. The molecule has 66 heavy (non-hydrogen) atoms. The maximum atomic E-state index is 7.76. The fraction of sp³-hybridized carbons (Fsp3) is 0.393. The summed E-state index contributed by atoms with van der Waals surface area (Å²) < 4.78 is 27.2. The number of fused-ring (bicyclic) bond motifs is 8. The lowest BCUT2D eigenvalue weighted by molar-refractivity contribution is -0.0510. The lowest BCUT2D eigenvalue weighted by Gasteiger charge is -2.52. The van der Waals surface area contributed by atoms with Gasteiger partial charge in [-0.05, 0) is 117 Å². The summed E-state index contributed by atoms with van der Waals surface area (Å²) in [6.07, 6.45) is 9.90. The van der Waals surface area contributed by atoms with E-state index in [9.17, 15) is 0 Å². The molecule has 0 amide bonds. The third-order valence-corrected chi connectivity index (χ3v) is 15.6. The van der Waals surface area contributed by atoms with E-state index < -0.39 is 12.2 Å². The normalized spacial score (nSPS) is 25.4. The Morgan fingerprint density at radius 3 is 1.47 bits per heavy atom. The minimum absolute atomic E-state index is 0.106. The molecule has 0 aliphatic carbocycles. The molecular weight excluding hydrogens is 821 g/mol. The van der Waals surface area contributed by atoms with Crippen LogP contribution < -0.4 is 18.9 Å². The van der Waals surface area contributed by atoms with Gasteiger partial charge in [-0.15, -0.1) is 0 Å². The Balaban J connectivity index is 1.13. The van der Waals surface area contributed by atoms with Crippen LogP contribution in [0.4, 0.5) is 0 Å². The van der Waals surface area contributed by atoms with Crippen molar-refractivity contribution in [2.24, 2.45) is 23.7 Å². The molecule has 4 aromatic carbocycles. The molecule has 0 spiro atoms. The number of rotatable bonds is 14. The third kappa shape index (κ3) is 7.91. The van der Waals surface area contributed by atoms with E-state index in [4.69, 9.17) is 38.9 Å². The van der Waals surface area contributed by atoms with E-state index in [-0.39, 0.29) is 12.1 Å². The molecule has 7 aromatic rings. The van der Waals surface area contributed by atoms with Crippen molar-refractivity contribution in [3.63, 3.8) is 0 Å². The SMILES string of the molecule is CCC1CN2CCC1CC2[C@H](Oc1nc(-c2ccccc2)nc(OC(c2ccnc3ccc(OC)cc23)[C@@H]2CC3CCN2CC3CC)c1-c1ccccc1)c1ccnc2ccc(OC)cc12. The molecule has 0 saturated carbocycles. The number of ether oxygens (including phenoxy) is 4. The van der Waals surface area contributed by atoms with Gasteiger partial charge in [0.05, 0.1) is 37.3 Å². The van der Waals surface area contributed by atoms with Crippen LogP contribution in [0.2, 0.25) is 0 Å². The van der Waals surface area contributed by atoms with Crippen molar-refractivity contribution in [2.45, 2.75) is 76.7 Å². The molecular formula is C56H60N6O4. The van der Waals surface area contributed by atoms with Gasteiger partial charge < -0.3 is 18.9 Å². The molecule has 4 bridgehead atoms. The largest absolute Gasteiger partial charge is 0.497 e. The summed E-state index contributed by atoms with van der Waals surface area (Å²) >= 11 is 0. The molecule has 10 nitrogen and oxygen atoms in total. The molecule has 3 aromatic heterocycles. The molecule has 0 radical (unpaired) electrons. The molecule has 8 unspecified atom stereocenters. The van der Waals surface area contributed by atoms with Crippen molar-refractivity contribution in [1.29, 1.82) is 0 Å². The highest BCUT2D eigenvalue weighted by molar-refractivity contribution is 5.85. The van der Waals surface area contributed by atoms with Crippen molar-refractivity contribution < 1.29 is 18.9 Å². The van der Waals surface area contributed by atoms with Crippen molar-refractivity contribution in [3.8, 4) is 45.8 Å². The fourth-order valence-corrected chi connectivity index (χ4v) is 12.1. The number of hydrogen-bond acceptors (Lipinski definition) is 10. The van der Waals surface area contributed by atoms with Crippen LogP contribution in [0.5, 0.6) is 23.3 Å².